The lowest BCUT2D eigenvalue weighted by molar-refractivity contribution is -0.120. The van der Waals surface area contributed by atoms with Crippen molar-refractivity contribution in [2.75, 3.05) is 33.6 Å². The molecule has 0 aliphatic carbocycles. The third-order valence-corrected chi connectivity index (χ3v) is 5.27. The Morgan fingerprint density at radius 3 is 2.40 bits per heavy atom. The number of thioether (sulfide) groups is 1. The zero-order valence-corrected chi connectivity index (χ0v) is 16.3. The van der Waals surface area contributed by atoms with Crippen molar-refractivity contribution in [3.63, 3.8) is 0 Å². The van der Waals surface area contributed by atoms with Crippen molar-refractivity contribution in [3.8, 4) is 17.2 Å². The van der Waals surface area contributed by atoms with Gasteiger partial charge in [-0.05, 0) is 40.1 Å². The molecule has 2 aromatic rings. The monoisotopic (exact) mass is 381 g/mol. The molecule has 0 fully saturated rings. The highest BCUT2D eigenvalue weighted by atomic mass is 32.2. The second kappa shape index (κ2) is 10.2. The average Bonchev–Trinajstić information content (AvgIpc) is 3.13. The Morgan fingerprint density at radius 1 is 1.12 bits per heavy atom. The Hall–Kier alpha value is -1.86. The zero-order chi connectivity index (χ0) is 18.1. The Balaban J connectivity index is 1.81. The highest BCUT2D eigenvalue weighted by Crippen LogP contribution is 2.38. The van der Waals surface area contributed by atoms with Crippen molar-refractivity contribution in [1.82, 2.24) is 5.32 Å². The normalized spacial score (nSPS) is 10.4. The van der Waals surface area contributed by atoms with Gasteiger partial charge in [0.2, 0.25) is 11.7 Å². The number of rotatable bonds is 10. The highest BCUT2D eigenvalue weighted by molar-refractivity contribution is 7.98. The van der Waals surface area contributed by atoms with E-state index in [4.69, 9.17) is 14.2 Å². The largest absolute Gasteiger partial charge is 0.493 e. The number of benzene rings is 1. The zero-order valence-electron chi connectivity index (χ0n) is 14.7. The maximum absolute atomic E-state index is 12.1. The Labute approximate surface area is 156 Å². The van der Waals surface area contributed by atoms with Crippen LogP contribution in [0.4, 0.5) is 0 Å². The van der Waals surface area contributed by atoms with Crippen LogP contribution in [0.3, 0.4) is 0 Å². The highest BCUT2D eigenvalue weighted by Gasteiger charge is 2.14. The molecule has 0 unspecified atom stereocenters. The molecule has 7 heteroatoms. The molecule has 0 aliphatic rings. The minimum Gasteiger partial charge on any atom is -0.493 e. The molecule has 5 nitrogen and oxygen atoms in total. The maximum Gasteiger partial charge on any atom is 0.224 e. The summed E-state index contributed by atoms with van der Waals surface area (Å²) in [5.74, 6) is 3.47. The molecule has 0 spiro atoms. The lowest BCUT2D eigenvalue weighted by Crippen LogP contribution is -2.27. The number of methoxy groups -OCH3 is 3. The molecule has 136 valence electrons. The standard InChI is InChI=1S/C18H23NO4S2/c1-21-15-8-14(9-16(22-2)18(15)23-3)10-17(20)19-5-7-25-12-13-4-6-24-11-13/h4,6,8-9,11H,5,7,10,12H2,1-3H3,(H,19,20). The fourth-order valence-electron chi connectivity index (χ4n) is 2.31. The minimum absolute atomic E-state index is 0.0228. The molecule has 1 aromatic carbocycles. The van der Waals surface area contributed by atoms with E-state index in [2.05, 4.69) is 22.1 Å². The molecule has 1 aromatic heterocycles. The van der Waals surface area contributed by atoms with Crippen LogP contribution in [0.5, 0.6) is 17.2 Å². The van der Waals surface area contributed by atoms with E-state index in [9.17, 15) is 4.79 Å². The number of thiophene rings is 1. The molecule has 0 saturated carbocycles. The van der Waals surface area contributed by atoms with Gasteiger partial charge in [-0.25, -0.2) is 0 Å². The molecule has 1 N–H and O–H groups in total. The molecule has 0 saturated heterocycles. The third kappa shape index (κ3) is 5.86. The van der Waals surface area contributed by atoms with Crippen LogP contribution < -0.4 is 19.5 Å². The van der Waals surface area contributed by atoms with Crippen LogP contribution in [0.25, 0.3) is 0 Å². The molecule has 1 amide bonds. The second-order valence-corrected chi connectivity index (χ2v) is 7.13. The van der Waals surface area contributed by atoms with E-state index in [-0.39, 0.29) is 12.3 Å². The van der Waals surface area contributed by atoms with E-state index >= 15 is 0 Å². The molecule has 2 rings (SSSR count). The summed E-state index contributed by atoms with van der Waals surface area (Å²) >= 11 is 3.52. The van der Waals surface area contributed by atoms with Crippen LogP contribution in [-0.4, -0.2) is 39.5 Å². The van der Waals surface area contributed by atoms with Crippen molar-refractivity contribution < 1.29 is 19.0 Å². The van der Waals surface area contributed by atoms with Gasteiger partial charge in [-0.15, -0.1) is 0 Å². The Bertz CT molecular complexity index is 649. The van der Waals surface area contributed by atoms with E-state index in [1.807, 2.05) is 11.8 Å². The molecule has 0 atom stereocenters. The minimum atomic E-state index is -0.0228. The Kier molecular flexibility index (Phi) is 7.94. The van der Waals surface area contributed by atoms with Crippen LogP contribution in [-0.2, 0) is 17.0 Å². The van der Waals surface area contributed by atoms with Crippen LogP contribution in [0.15, 0.2) is 29.0 Å². The summed E-state index contributed by atoms with van der Waals surface area (Å²) < 4.78 is 15.9. The van der Waals surface area contributed by atoms with Crippen LogP contribution in [0.1, 0.15) is 11.1 Å². The molecule has 0 aliphatic heterocycles. The number of hydrogen-bond acceptors (Lipinski definition) is 6. The third-order valence-electron chi connectivity index (χ3n) is 3.51. The first-order valence-corrected chi connectivity index (χ1v) is 9.92. The van der Waals surface area contributed by atoms with Crippen molar-refractivity contribution in [2.24, 2.45) is 0 Å². The topological polar surface area (TPSA) is 56.8 Å². The van der Waals surface area contributed by atoms with Crippen LogP contribution in [0, 0.1) is 0 Å². The van der Waals surface area contributed by atoms with Gasteiger partial charge in [0.1, 0.15) is 0 Å². The van der Waals surface area contributed by atoms with Gasteiger partial charge in [-0.2, -0.15) is 23.1 Å². The number of hydrogen-bond donors (Lipinski definition) is 1. The molecular formula is C18H23NO4S2. The number of nitrogens with one attached hydrogen (secondary N) is 1. The van der Waals surface area contributed by atoms with Gasteiger partial charge in [-0.3, -0.25) is 4.79 Å². The maximum atomic E-state index is 12.1. The summed E-state index contributed by atoms with van der Waals surface area (Å²) in [6, 6.07) is 5.72. The van der Waals surface area contributed by atoms with E-state index in [1.165, 1.54) is 5.56 Å². The number of carbonyl (C=O) groups excluding carboxylic acids is 1. The van der Waals surface area contributed by atoms with Crippen molar-refractivity contribution >= 4 is 29.0 Å². The quantitative estimate of drug-likeness (QED) is 0.640. The first-order valence-electron chi connectivity index (χ1n) is 7.82. The predicted molar refractivity (Wildman–Crippen MR) is 103 cm³/mol. The smallest absolute Gasteiger partial charge is 0.224 e. The summed E-state index contributed by atoms with van der Waals surface area (Å²) in [6.45, 7) is 0.651. The predicted octanol–water partition coefficient (Wildman–Crippen LogP) is 3.37. The average molecular weight is 382 g/mol. The van der Waals surface area contributed by atoms with Crippen molar-refractivity contribution in [3.05, 3.63) is 40.1 Å². The van der Waals surface area contributed by atoms with Gasteiger partial charge in [0.15, 0.2) is 11.5 Å². The lowest BCUT2D eigenvalue weighted by atomic mass is 10.1. The van der Waals surface area contributed by atoms with Gasteiger partial charge < -0.3 is 19.5 Å². The molecular weight excluding hydrogens is 358 g/mol. The first-order chi connectivity index (χ1) is 12.2. The van der Waals surface area contributed by atoms with Gasteiger partial charge in [0, 0.05) is 18.1 Å². The summed E-state index contributed by atoms with van der Waals surface area (Å²) in [4.78, 5) is 12.1. The fraction of sp³-hybridized carbons (Fsp3) is 0.389. The van der Waals surface area contributed by atoms with E-state index in [0.29, 0.717) is 23.8 Å². The fourth-order valence-corrected chi connectivity index (χ4v) is 3.89. The molecule has 1 heterocycles. The van der Waals surface area contributed by atoms with E-state index in [1.54, 1.807) is 44.8 Å². The number of carbonyl (C=O) groups is 1. The number of ether oxygens (including phenoxy) is 3. The lowest BCUT2D eigenvalue weighted by Gasteiger charge is -2.14. The second-order valence-electron chi connectivity index (χ2n) is 5.24. The number of amides is 1. The van der Waals surface area contributed by atoms with Gasteiger partial charge in [0.05, 0.1) is 27.8 Å². The first kappa shape index (κ1) is 19.5. The van der Waals surface area contributed by atoms with Crippen molar-refractivity contribution in [2.45, 2.75) is 12.2 Å². The van der Waals surface area contributed by atoms with Gasteiger partial charge in [-0.1, -0.05) is 0 Å². The summed E-state index contributed by atoms with van der Waals surface area (Å²) in [5.41, 5.74) is 2.15. The van der Waals surface area contributed by atoms with Crippen LogP contribution in [0.2, 0.25) is 0 Å². The van der Waals surface area contributed by atoms with E-state index < -0.39 is 0 Å². The summed E-state index contributed by atoms with van der Waals surface area (Å²) in [6.07, 6.45) is 0.270. The van der Waals surface area contributed by atoms with E-state index in [0.717, 1.165) is 17.1 Å². The SMILES string of the molecule is COc1cc(CC(=O)NCCSCc2ccsc2)cc(OC)c1OC. The Morgan fingerprint density at radius 2 is 1.84 bits per heavy atom. The molecule has 25 heavy (non-hydrogen) atoms. The van der Waals surface area contributed by atoms with Gasteiger partial charge in [0.25, 0.3) is 0 Å². The van der Waals surface area contributed by atoms with Crippen LogP contribution >= 0.6 is 23.1 Å². The van der Waals surface area contributed by atoms with Gasteiger partial charge >= 0.3 is 0 Å². The molecule has 0 radical (unpaired) electrons. The summed E-state index contributed by atoms with van der Waals surface area (Å²) in [7, 11) is 4.68. The molecule has 0 bridgehead atoms. The van der Waals surface area contributed by atoms with Crippen molar-refractivity contribution in [1.29, 1.82) is 0 Å². The summed E-state index contributed by atoms with van der Waals surface area (Å²) in [5, 5.41) is 7.17.